The lowest BCUT2D eigenvalue weighted by atomic mass is 10.1. The first kappa shape index (κ1) is 17.2. The van der Waals surface area contributed by atoms with Crippen molar-refractivity contribution in [3.63, 3.8) is 0 Å². The number of halogens is 2. The quantitative estimate of drug-likeness (QED) is 0.860. The van der Waals surface area contributed by atoms with Gasteiger partial charge in [0.25, 0.3) is 5.92 Å². The Labute approximate surface area is 144 Å². The molecular formula is C17H20F2N4O2. The van der Waals surface area contributed by atoms with Crippen molar-refractivity contribution in [3.8, 4) is 16.9 Å². The van der Waals surface area contributed by atoms with Crippen molar-refractivity contribution in [2.75, 3.05) is 25.9 Å². The molecule has 1 aliphatic heterocycles. The van der Waals surface area contributed by atoms with E-state index in [0.29, 0.717) is 11.4 Å². The number of hydrogen-bond acceptors (Lipinski definition) is 4. The molecular weight excluding hydrogens is 330 g/mol. The van der Waals surface area contributed by atoms with Gasteiger partial charge in [0.15, 0.2) is 0 Å². The minimum atomic E-state index is -2.66. The third-order valence-corrected chi connectivity index (χ3v) is 4.28. The molecule has 1 aromatic heterocycles. The fourth-order valence-corrected chi connectivity index (χ4v) is 2.83. The second-order valence-corrected chi connectivity index (χ2v) is 6.16. The number of nitrogens with zero attached hydrogens (tertiary/aromatic N) is 3. The van der Waals surface area contributed by atoms with Gasteiger partial charge < -0.3 is 15.4 Å². The number of likely N-dealkylation sites (tertiary alicyclic amines) is 1. The number of carbonyl (C=O) groups is 1. The van der Waals surface area contributed by atoms with E-state index in [4.69, 9.17) is 10.5 Å². The lowest BCUT2D eigenvalue weighted by Crippen LogP contribution is -2.44. The molecule has 2 heterocycles. The van der Waals surface area contributed by atoms with Crippen LogP contribution in [0.15, 0.2) is 30.6 Å². The molecule has 134 valence electrons. The number of alkyl halides is 2. The number of rotatable bonds is 4. The summed E-state index contributed by atoms with van der Waals surface area (Å²) in [5.41, 5.74) is 8.03. The lowest BCUT2D eigenvalue weighted by Gasteiger charge is -2.31. The van der Waals surface area contributed by atoms with Crippen LogP contribution < -0.4 is 10.5 Å². The Balaban J connectivity index is 1.68. The summed E-state index contributed by atoms with van der Waals surface area (Å²) >= 11 is 0. The number of benzene rings is 1. The zero-order valence-electron chi connectivity index (χ0n) is 13.9. The average molecular weight is 350 g/mol. The smallest absolute Gasteiger partial charge is 0.251 e. The number of methoxy groups -OCH3 is 1. The second-order valence-electron chi connectivity index (χ2n) is 6.16. The van der Waals surface area contributed by atoms with E-state index in [9.17, 15) is 13.6 Å². The van der Waals surface area contributed by atoms with Crippen LogP contribution in [0, 0.1) is 0 Å². The molecule has 8 heteroatoms. The lowest BCUT2D eigenvalue weighted by molar-refractivity contribution is -0.138. The molecule has 6 nitrogen and oxygen atoms in total. The van der Waals surface area contributed by atoms with Gasteiger partial charge in [-0.3, -0.25) is 9.48 Å². The molecule has 0 unspecified atom stereocenters. The Kier molecular flexibility index (Phi) is 4.61. The average Bonchev–Trinajstić information content (AvgIpc) is 3.02. The number of anilines is 1. The van der Waals surface area contributed by atoms with Gasteiger partial charge in [-0.2, -0.15) is 5.10 Å². The number of piperidine rings is 1. The molecule has 0 spiro atoms. The molecule has 0 radical (unpaired) electrons. The molecule has 1 aromatic carbocycles. The van der Waals surface area contributed by atoms with Gasteiger partial charge in [0.05, 0.1) is 13.3 Å². The van der Waals surface area contributed by atoms with Crippen molar-refractivity contribution < 1.29 is 18.3 Å². The number of ether oxygens (including phenoxy) is 1. The number of amides is 1. The van der Waals surface area contributed by atoms with Crippen LogP contribution in [-0.4, -0.2) is 46.7 Å². The highest BCUT2D eigenvalue weighted by molar-refractivity contribution is 5.76. The van der Waals surface area contributed by atoms with E-state index in [1.807, 2.05) is 6.07 Å². The summed E-state index contributed by atoms with van der Waals surface area (Å²) < 4.78 is 33.1. The van der Waals surface area contributed by atoms with Crippen LogP contribution >= 0.6 is 0 Å². The van der Waals surface area contributed by atoms with Gasteiger partial charge in [-0.1, -0.05) is 0 Å². The summed E-state index contributed by atoms with van der Waals surface area (Å²) in [6.45, 7) is 0.170. The summed E-state index contributed by atoms with van der Waals surface area (Å²) in [7, 11) is 1.56. The number of nitrogens with two attached hydrogens (primary N) is 1. The summed E-state index contributed by atoms with van der Waals surface area (Å²) in [4.78, 5) is 13.7. The SMILES string of the molecule is COc1cc(N)cc(-c2cnn(CC(=O)N3CCC(F)(F)CC3)c2)c1. The van der Waals surface area contributed by atoms with Gasteiger partial charge in [-0.25, -0.2) is 8.78 Å². The van der Waals surface area contributed by atoms with E-state index in [-0.39, 0.29) is 38.4 Å². The van der Waals surface area contributed by atoms with Gasteiger partial charge in [0.2, 0.25) is 5.91 Å². The highest BCUT2D eigenvalue weighted by Crippen LogP contribution is 2.28. The minimum Gasteiger partial charge on any atom is -0.497 e. The maximum absolute atomic E-state index is 13.2. The number of hydrogen-bond donors (Lipinski definition) is 1. The Hall–Kier alpha value is -2.64. The number of nitrogen functional groups attached to an aromatic ring is 1. The van der Waals surface area contributed by atoms with Crippen LogP contribution in [0.5, 0.6) is 5.75 Å². The molecule has 3 rings (SSSR count). The summed E-state index contributed by atoms with van der Waals surface area (Å²) in [6, 6.07) is 5.33. The van der Waals surface area contributed by atoms with Gasteiger partial charge >= 0.3 is 0 Å². The molecule has 25 heavy (non-hydrogen) atoms. The summed E-state index contributed by atoms with van der Waals surface area (Å²) in [5, 5.41) is 4.18. The van der Waals surface area contributed by atoms with E-state index in [0.717, 1.165) is 11.1 Å². The Morgan fingerprint density at radius 2 is 2.00 bits per heavy atom. The molecule has 1 saturated heterocycles. The van der Waals surface area contributed by atoms with Gasteiger partial charge in [0.1, 0.15) is 12.3 Å². The fraction of sp³-hybridized carbons (Fsp3) is 0.412. The zero-order valence-corrected chi connectivity index (χ0v) is 13.9. The van der Waals surface area contributed by atoms with Crippen LogP contribution in [0.2, 0.25) is 0 Å². The van der Waals surface area contributed by atoms with Gasteiger partial charge in [-0.05, 0) is 17.7 Å². The van der Waals surface area contributed by atoms with Crippen molar-refractivity contribution in [2.24, 2.45) is 0 Å². The molecule has 2 N–H and O–H groups in total. The van der Waals surface area contributed by atoms with Crippen molar-refractivity contribution in [1.82, 2.24) is 14.7 Å². The number of aromatic nitrogens is 2. The van der Waals surface area contributed by atoms with E-state index < -0.39 is 5.92 Å². The molecule has 1 aliphatic rings. The predicted molar refractivity (Wildman–Crippen MR) is 89.4 cm³/mol. The molecule has 1 amide bonds. The number of carbonyl (C=O) groups excluding carboxylic acids is 1. The van der Waals surface area contributed by atoms with Crippen LogP contribution in [0.3, 0.4) is 0 Å². The third kappa shape index (κ3) is 4.07. The maximum atomic E-state index is 13.2. The minimum absolute atomic E-state index is 0.0189. The van der Waals surface area contributed by atoms with Gasteiger partial charge in [0, 0.05) is 49.4 Å². The van der Waals surface area contributed by atoms with E-state index in [2.05, 4.69) is 5.10 Å². The first-order chi connectivity index (χ1) is 11.9. The zero-order chi connectivity index (χ0) is 18.0. The van der Waals surface area contributed by atoms with Crippen LogP contribution in [-0.2, 0) is 11.3 Å². The first-order valence-electron chi connectivity index (χ1n) is 7.99. The molecule has 1 fully saturated rings. The monoisotopic (exact) mass is 350 g/mol. The maximum Gasteiger partial charge on any atom is 0.251 e. The van der Waals surface area contributed by atoms with Crippen LogP contribution in [0.25, 0.3) is 11.1 Å². The standard InChI is InChI=1S/C17H20F2N4O2/c1-25-15-7-12(6-14(20)8-15)13-9-21-23(10-13)11-16(24)22-4-2-17(18,19)3-5-22/h6-10H,2-5,11,20H2,1H3. The molecule has 0 saturated carbocycles. The predicted octanol–water partition coefficient (Wildman–Crippen LogP) is 2.40. The van der Waals surface area contributed by atoms with Crippen LogP contribution in [0.4, 0.5) is 14.5 Å². The first-order valence-corrected chi connectivity index (χ1v) is 7.99. The highest BCUT2D eigenvalue weighted by Gasteiger charge is 2.35. The largest absolute Gasteiger partial charge is 0.497 e. The molecule has 0 bridgehead atoms. The fourth-order valence-electron chi connectivity index (χ4n) is 2.83. The molecule has 0 aliphatic carbocycles. The Morgan fingerprint density at radius 3 is 2.68 bits per heavy atom. The van der Waals surface area contributed by atoms with Crippen molar-refractivity contribution in [3.05, 3.63) is 30.6 Å². The second kappa shape index (κ2) is 6.70. The topological polar surface area (TPSA) is 73.4 Å². The third-order valence-electron chi connectivity index (χ3n) is 4.28. The Morgan fingerprint density at radius 1 is 1.28 bits per heavy atom. The van der Waals surface area contributed by atoms with E-state index >= 15 is 0 Å². The summed E-state index contributed by atoms with van der Waals surface area (Å²) in [5.74, 6) is -2.24. The van der Waals surface area contributed by atoms with Crippen molar-refractivity contribution in [1.29, 1.82) is 0 Å². The Bertz CT molecular complexity index is 766. The van der Waals surface area contributed by atoms with Crippen molar-refractivity contribution in [2.45, 2.75) is 25.3 Å². The highest BCUT2D eigenvalue weighted by atomic mass is 19.3. The molecule has 0 atom stereocenters. The normalized spacial score (nSPS) is 16.7. The summed E-state index contributed by atoms with van der Waals surface area (Å²) in [6.07, 6.45) is 2.79. The van der Waals surface area contributed by atoms with E-state index in [1.165, 1.54) is 9.58 Å². The van der Waals surface area contributed by atoms with Crippen molar-refractivity contribution >= 4 is 11.6 Å². The van der Waals surface area contributed by atoms with Crippen LogP contribution in [0.1, 0.15) is 12.8 Å². The molecule has 2 aromatic rings. The van der Waals surface area contributed by atoms with E-state index in [1.54, 1.807) is 31.6 Å². The van der Waals surface area contributed by atoms with Gasteiger partial charge in [-0.15, -0.1) is 0 Å².